The highest BCUT2D eigenvalue weighted by Crippen LogP contribution is 2.47. The Morgan fingerprint density at radius 3 is 2.68 bits per heavy atom. The molecule has 0 radical (unpaired) electrons. The summed E-state index contributed by atoms with van der Waals surface area (Å²) in [6.45, 7) is 0.812. The molecule has 102 valence electrons. The van der Waals surface area contributed by atoms with Crippen LogP contribution in [-0.2, 0) is 12.5 Å². The number of aryl methyl sites for hydroxylation is 1. The van der Waals surface area contributed by atoms with Crippen molar-refractivity contribution in [1.29, 1.82) is 0 Å². The predicted molar refractivity (Wildman–Crippen MR) is 81.4 cm³/mol. The van der Waals surface area contributed by atoms with Crippen molar-refractivity contribution < 1.29 is 0 Å². The number of hydrogen-bond donors (Lipinski definition) is 1. The van der Waals surface area contributed by atoms with Crippen LogP contribution < -0.4 is 5.73 Å². The van der Waals surface area contributed by atoms with Gasteiger partial charge in [0.05, 0.1) is 0 Å². The van der Waals surface area contributed by atoms with Gasteiger partial charge >= 0.3 is 0 Å². The molecule has 0 bridgehead atoms. The van der Waals surface area contributed by atoms with E-state index in [1.165, 1.54) is 43.0 Å². The summed E-state index contributed by atoms with van der Waals surface area (Å²) in [5.41, 5.74) is 9.07. The molecule has 2 nitrogen and oxygen atoms in total. The summed E-state index contributed by atoms with van der Waals surface area (Å²) < 4.78 is 2.28. The molecule has 0 unspecified atom stereocenters. The molecule has 0 saturated heterocycles. The van der Waals surface area contributed by atoms with Gasteiger partial charge in [0.2, 0.25) is 0 Å². The number of para-hydroxylation sites is 1. The summed E-state index contributed by atoms with van der Waals surface area (Å²) >= 11 is 0. The molecule has 1 aliphatic carbocycles. The molecule has 1 aromatic carbocycles. The summed E-state index contributed by atoms with van der Waals surface area (Å²) in [4.78, 5) is 0. The smallest absolute Gasteiger partial charge is 0.0480 e. The van der Waals surface area contributed by atoms with Crippen molar-refractivity contribution in [3.05, 3.63) is 36.0 Å². The maximum Gasteiger partial charge on any atom is 0.0480 e. The van der Waals surface area contributed by atoms with Crippen molar-refractivity contribution in [3.8, 4) is 0 Å². The van der Waals surface area contributed by atoms with Crippen LogP contribution in [0.15, 0.2) is 30.5 Å². The van der Waals surface area contributed by atoms with Crippen molar-refractivity contribution in [2.45, 2.75) is 43.9 Å². The van der Waals surface area contributed by atoms with Crippen LogP contribution in [0, 0.1) is 0 Å². The minimum absolute atomic E-state index is 0.389. The first kappa shape index (κ1) is 12.7. The van der Waals surface area contributed by atoms with Gasteiger partial charge in [-0.15, -0.1) is 0 Å². The molecule has 1 heterocycles. The summed E-state index contributed by atoms with van der Waals surface area (Å²) in [6, 6.07) is 8.81. The molecule has 2 aromatic rings. The zero-order valence-electron chi connectivity index (χ0n) is 11.9. The van der Waals surface area contributed by atoms with E-state index in [1.54, 1.807) is 5.56 Å². The Bertz CT molecular complexity index is 562. The Morgan fingerprint density at radius 2 is 1.95 bits per heavy atom. The molecule has 19 heavy (non-hydrogen) atoms. The van der Waals surface area contributed by atoms with Gasteiger partial charge in [-0.1, -0.05) is 31.0 Å². The molecule has 0 atom stereocenters. The topological polar surface area (TPSA) is 30.9 Å². The van der Waals surface area contributed by atoms with Gasteiger partial charge in [-0.3, -0.25) is 0 Å². The van der Waals surface area contributed by atoms with Crippen molar-refractivity contribution in [3.63, 3.8) is 0 Å². The van der Waals surface area contributed by atoms with Gasteiger partial charge in [0.15, 0.2) is 0 Å². The van der Waals surface area contributed by atoms with Gasteiger partial charge < -0.3 is 10.3 Å². The van der Waals surface area contributed by atoms with Crippen LogP contribution in [-0.4, -0.2) is 11.1 Å². The molecule has 3 rings (SSSR count). The largest absolute Gasteiger partial charge is 0.350 e. The van der Waals surface area contributed by atoms with E-state index >= 15 is 0 Å². The quantitative estimate of drug-likeness (QED) is 0.888. The van der Waals surface area contributed by atoms with Crippen molar-refractivity contribution >= 4 is 10.9 Å². The summed E-state index contributed by atoms with van der Waals surface area (Å²) in [5, 5.41) is 1.45. The molecule has 1 fully saturated rings. The highest BCUT2D eigenvalue weighted by atomic mass is 14.9. The Kier molecular flexibility index (Phi) is 3.36. The van der Waals surface area contributed by atoms with Gasteiger partial charge in [0, 0.05) is 24.1 Å². The van der Waals surface area contributed by atoms with Crippen LogP contribution in [0.1, 0.15) is 44.1 Å². The van der Waals surface area contributed by atoms with E-state index in [9.17, 15) is 0 Å². The number of nitrogens with two attached hydrogens (primary N) is 1. The number of hydrogen-bond acceptors (Lipinski definition) is 1. The fourth-order valence-electron chi connectivity index (χ4n) is 3.91. The monoisotopic (exact) mass is 256 g/mol. The molecule has 1 saturated carbocycles. The normalized spacial score (nSPS) is 18.2. The fraction of sp³-hybridized carbons (Fsp3) is 0.529. The first-order valence-corrected chi connectivity index (χ1v) is 7.51. The van der Waals surface area contributed by atoms with Crippen LogP contribution in [0.5, 0.6) is 0 Å². The third-order valence-corrected chi connectivity index (χ3v) is 4.89. The first-order chi connectivity index (χ1) is 9.27. The molecular weight excluding hydrogens is 232 g/mol. The van der Waals surface area contributed by atoms with Crippen LogP contribution in [0.2, 0.25) is 0 Å². The second-order valence-electron chi connectivity index (χ2n) is 6.05. The zero-order valence-corrected chi connectivity index (χ0v) is 11.9. The lowest BCUT2D eigenvalue weighted by Crippen LogP contribution is -2.23. The van der Waals surface area contributed by atoms with Gasteiger partial charge in [0.1, 0.15) is 0 Å². The van der Waals surface area contributed by atoms with E-state index in [4.69, 9.17) is 5.73 Å². The minimum atomic E-state index is 0.389. The predicted octanol–water partition coefficient (Wildman–Crippen LogP) is 3.73. The van der Waals surface area contributed by atoms with Gasteiger partial charge in [-0.2, -0.15) is 0 Å². The van der Waals surface area contributed by atoms with Crippen molar-refractivity contribution in [2.24, 2.45) is 12.8 Å². The summed E-state index contributed by atoms with van der Waals surface area (Å²) in [6.07, 6.45) is 10.2. The molecular formula is C17H24N2. The molecule has 1 aliphatic rings. The second-order valence-corrected chi connectivity index (χ2v) is 6.05. The Labute approximate surface area is 115 Å². The lowest BCUT2D eigenvalue weighted by atomic mass is 9.75. The molecule has 0 amide bonds. The van der Waals surface area contributed by atoms with E-state index < -0.39 is 0 Å². The van der Waals surface area contributed by atoms with E-state index in [1.807, 2.05) is 0 Å². The van der Waals surface area contributed by atoms with Crippen LogP contribution >= 0.6 is 0 Å². The maximum absolute atomic E-state index is 5.76. The third kappa shape index (κ3) is 2.08. The van der Waals surface area contributed by atoms with Crippen LogP contribution in [0.3, 0.4) is 0 Å². The Balaban J connectivity index is 2.10. The molecule has 1 aromatic heterocycles. The van der Waals surface area contributed by atoms with E-state index in [0.717, 1.165) is 13.0 Å². The summed E-state index contributed by atoms with van der Waals surface area (Å²) in [7, 11) is 2.16. The molecule has 2 N–H and O–H groups in total. The fourth-order valence-corrected chi connectivity index (χ4v) is 3.91. The number of fused-ring (bicyclic) bond motifs is 1. The van der Waals surface area contributed by atoms with Gasteiger partial charge in [0.25, 0.3) is 0 Å². The van der Waals surface area contributed by atoms with Crippen LogP contribution in [0.4, 0.5) is 0 Å². The molecule has 0 aliphatic heterocycles. The number of rotatable bonds is 4. The first-order valence-electron chi connectivity index (χ1n) is 7.51. The van der Waals surface area contributed by atoms with E-state index in [-0.39, 0.29) is 0 Å². The molecule has 0 spiro atoms. The van der Waals surface area contributed by atoms with Crippen molar-refractivity contribution in [1.82, 2.24) is 4.57 Å². The highest BCUT2D eigenvalue weighted by Gasteiger charge is 2.36. The van der Waals surface area contributed by atoms with Gasteiger partial charge in [-0.05, 0) is 49.3 Å². The minimum Gasteiger partial charge on any atom is -0.350 e. The SMILES string of the molecule is Cn1cc(C2(CCCN)CCCC2)c2ccccc21. The summed E-state index contributed by atoms with van der Waals surface area (Å²) in [5.74, 6) is 0. The number of nitrogens with zero attached hydrogens (tertiary/aromatic N) is 1. The standard InChI is InChI=1S/C17H24N2/c1-19-13-15(14-7-2-3-8-16(14)19)17(11-6-12-18)9-4-5-10-17/h2-3,7-8,13H,4-6,9-12,18H2,1H3. The molecule has 2 heteroatoms. The average molecular weight is 256 g/mol. The van der Waals surface area contributed by atoms with Crippen LogP contribution in [0.25, 0.3) is 10.9 Å². The Hall–Kier alpha value is -1.28. The van der Waals surface area contributed by atoms with E-state index in [0.29, 0.717) is 5.41 Å². The lowest BCUT2D eigenvalue weighted by molar-refractivity contribution is 0.398. The number of aromatic nitrogens is 1. The maximum atomic E-state index is 5.76. The zero-order chi connectivity index (χ0) is 13.3. The second kappa shape index (κ2) is 5.01. The average Bonchev–Trinajstić information content (AvgIpc) is 3.03. The lowest BCUT2D eigenvalue weighted by Gasteiger charge is -2.29. The third-order valence-electron chi connectivity index (χ3n) is 4.89. The Morgan fingerprint density at radius 1 is 1.21 bits per heavy atom. The van der Waals surface area contributed by atoms with E-state index in [2.05, 4.69) is 42.1 Å². The van der Waals surface area contributed by atoms with Gasteiger partial charge in [-0.25, -0.2) is 0 Å². The van der Waals surface area contributed by atoms with Crippen molar-refractivity contribution in [2.75, 3.05) is 6.54 Å². The highest BCUT2D eigenvalue weighted by molar-refractivity contribution is 5.85. The number of benzene rings is 1.